The van der Waals surface area contributed by atoms with Crippen LogP contribution in [0.4, 0.5) is 0 Å². The van der Waals surface area contributed by atoms with Gasteiger partial charge in [0.05, 0.1) is 13.0 Å². The molecule has 0 spiro atoms. The predicted octanol–water partition coefficient (Wildman–Crippen LogP) is 2.95. The van der Waals surface area contributed by atoms with E-state index in [1.54, 1.807) is 25.4 Å². The Morgan fingerprint density at radius 2 is 2.08 bits per heavy atom. The van der Waals surface area contributed by atoms with Crippen LogP contribution in [0.3, 0.4) is 0 Å². The summed E-state index contributed by atoms with van der Waals surface area (Å²) in [7, 11) is 1.61. The van der Waals surface area contributed by atoms with Gasteiger partial charge in [0.2, 0.25) is 11.8 Å². The first-order valence-electron chi connectivity index (χ1n) is 8.00. The first-order valence-corrected chi connectivity index (χ1v) is 8.00. The van der Waals surface area contributed by atoms with Gasteiger partial charge in [-0.05, 0) is 30.7 Å². The number of carbonyl (C=O) groups is 1. The van der Waals surface area contributed by atoms with Crippen LogP contribution in [-0.2, 0) is 11.3 Å². The molecular weight excluding hydrogens is 377 g/mol. The number of halogens is 2. The third-order valence-corrected chi connectivity index (χ3v) is 3.96. The van der Waals surface area contributed by atoms with Crippen molar-refractivity contribution < 1.29 is 14.3 Å². The van der Waals surface area contributed by atoms with E-state index in [0.29, 0.717) is 18.2 Å². The van der Waals surface area contributed by atoms with E-state index in [0.717, 1.165) is 30.8 Å². The standard InChI is InChI=1S/C18H21N3O3.2ClH/c1-23-15-3-2-4-16(9-15)24-17-6-5-13(10-20-17)11-21-18(22)14-7-8-19-12-14;;/h2-6,9-10,14,19H,7-8,11-12H2,1H3,(H,21,22);2*1H. The van der Waals surface area contributed by atoms with Crippen molar-refractivity contribution in [3.05, 3.63) is 48.2 Å². The van der Waals surface area contributed by atoms with E-state index in [2.05, 4.69) is 15.6 Å². The zero-order valence-corrected chi connectivity index (χ0v) is 16.1. The molecule has 0 bridgehead atoms. The van der Waals surface area contributed by atoms with Crippen LogP contribution in [0.1, 0.15) is 12.0 Å². The van der Waals surface area contributed by atoms with Gasteiger partial charge in [0.25, 0.3) is 0 Å². The Morgan fingerprint density at radius 1 is 1.27 bits per heavy atom. The molecule has 3 rings (SSSR count). The minimum atomic E-state index is 0. The van der Waals surface area contributed by atoms with E-state index in [-0.39, 0.29) is 36.6 Å². The van der Waals surface area contributed by atoms with Gasteiger partial charge < -0.3 is 20.1 Å². The number of aromatic nitrogens is 1. The molecule has 1 amide bonds. The fraction of sp³-hybridized carbons (Fsp3) is 0.333. The van der Waals surface area contributed by atoms with E-state index >= 15 is 0 Å². The topological polar surface area (TPSA) is 72.5 Å². The summed E-state index contributed by atoms with van der Waals surface area (Å²) in [5.41, 5.74) is 0.937. The summed E-state index contributed by atoms with van der Waals surface area (Å²) in [6.07, 6.45) is 2.61. The lowest BCUT2D eigenvalue weighted by Crippen LogP contribution is -2.31. The van der Waals surface area contributed by atoms with Crippen LogP contribution in [0.2, 0.25) is 0 Å². The predicted molar refractivity (Wildman–Crippen MR) is 105 cm³/mol. The van der Waals surface area contributed by atoms with E-state index < -0.39 is 0 Å². The minimum absolute atomic E-state index is 0. The number of ether oxygens (including phenoxy) is 2. The number of nitrogens with one attached hydrogen (secondary N) is 2. The van der Waals surface area contributed by atoms with Crippen LogP contribution in [0.5, 0.6) is 17.4 Å². The second kappa shape index (κ2) is 10.9. The molecule has 6 nitrogen and oxygen atoms in total. The van der Waals surface area contributed by atoms with Gasteiger partial charge in [-0.15, -0.1) is 24.8 Å². The van der Waals surface area contributed by atoms with E-state index in [9.17, 15) is 4.79 Å². The van der Waals surface area contributed by atoms with Crippen molar-refractivity contribution in [2.24, 2.45) is 5.92 Å². The number of methoxy groups -OCH3 is 1. The molecule has 8 heteroatoms. The van der Waals surface area contributed by atoms with Crippen molar-refractivity contribution in [1.29, 1.82) is 0 Å². The molecule has 1 aliphatic heterocycles. The first kappa shape index (κ1) is 22.0. The number of nitrogens with zero attached hydrogens (tertiary/aromatic N) is 1. The molecule has 0 aliphatic carbocycles. The van der Waals surface area contributed by atoms with Crippen LogP contribution >= 0.6 is 24.8 Å². The van der Waals surface area contributed by atoms with Crippen molar-refractivity contribution in [2.45, 2.75) is 13.0 Å². The monoisotopic (exact) mass is 399 g/mol. The van der Waals surface area contributed by atoms with Crippen LogP contribution in [0.15, 0.2) is 42.6 Å². The Hall–Kier alpha value is -2.02. The highest BCUT2D eigenvalue weighted by Gasteiger charge is 2.21. The largest absolute Gasteiger partial charge is 0.497 e. The average molecular weight is 400 g/mol. The summed E-state index contributed by atoms with van der Waals surface area (Å²) in [6.45, 7) is 2.15. The van der Waals surface area contributed by atoms with Crippen molar-refractivity contribution in [3.63, 3.8) is 0 Å². The highest BCUT2D eigenvalue weighted by molar-refractivity contribution is 5.85. The molecule has 0 saturated carbocycles. The molecule has 2 aromatic rings. The van der Waals surface area contributed by atoms with E-state index in [1.165, 1.54) is 0 Å². The molecule has 1 unspecified atom stereocenters. The lowest BCUT2D eigenvalue weighted by Gasteiger charge is -2.10. The fourth-order valence-corrected chi connectivity index (χ4v) is 2.57. The van der Waals surface area contributed by atoms with Crippen LogP contribution < -0.4 is 20.1 Å². The highest BCUT2D eigenvalue weighted by Crippen LogP contribution is 2.23. The Morgan fingerprint density at radius 3 is 2.73 bits per heavy atom. The maximum atomic E-state index is 12.0. The Bertz CT molecular complexity index is 692. The number of carbonyl (C=O) groups excluding carboxylic acids is 1. The second-order valence-electron chi connectivity index (χ2n) is 5.69. The summed E-state index contributed by atoms with van der Waals surface area (Å²) in [6, 6.07) is 11.0. The molecule has 142 valence electrons. The number of rotatable bonds is 6. The van der Waals surface area contributed by atoms with Crippen LogP contribution in [-0.4, -0.2) is 31.1 Å². The van der Waals surface area contributed by atoms with Gasteiger partial charge in [-0.2, -0.15) is 0 Å². The number of amides is 1. The summed E-state index contributed by atoms with van der Waals surface area (Å²) >= 11 is 0. The number of hydrogen-bond donors (Lipinski definition) is 2. The molecule has 0 radical (unpaired) electrons. The molecule has 1 fully saturated rings. The molecule has 2 N–H and O–H groups in total. The molecule has 2 heterocycles. The third kappa shape index (κ3) is 6.05. The third-order valence-electron chi connectivity index (χ3n) is 3.96. The van der Waals surface area contributed by atoms with Crippen LogP contribution in [0, 0.1) is 5.92 Å². The molecule has 1 atom stereocenters. The molecule has 1 aromatic carbocycles. The minimum Gasteiger partial charge on any atom is -0.497 e. The first-order chi connectivity index (χ1) is 11.7. The summed E-state index contributed by atoms with van der Waals surface area (Å²) in [5, 5.41) is 6.14. The Labute approximate surface area is 165 Å². The van der Waals surface area contributed by atoms with Gasteiger partial charge in [-0.1, -0.05) is 12.1 Å². The van der Waals surface area contributed by atoms with Crippen molar-refractivity contribution in [2.75, 3.05) is 20.2 Å². The van der Waals surface area contributed by atoms with Gasteiger partial charge in [0.15, 0.2) is 0 Å². The Kier molecular flexibility index (Phi) is 9.19. The maximum absolute atomic E-state index is 12.0. The van der Waals surface area contributed by atoms with Crippen molar-refractivity contribution >= 4 is 30.7 Å². The molecule has 26 heavy (non-hydrogen) atoms. The number of hydrogen-bond acceptors (Lipinski definition) is 5. The molecule has 1 aromatic heterocycles. The molecular formula is C18H23Cl2N3O3. The van der Waals surface area contributed by atoms with Gasteiger partial charge in [0, 0.05) is 31.4 Å². The fourth-order valence-electron chi connectivity index (χ4n) is 2.57. The summed E-state index contributed by atoms with van der Waals surface area (Å²) in [4.78, 5) is 16.3. The number of pyridine rings is 1. The van der Waals surface area contributed by atoms with Gasteiger partial charge >= 0.3 is 0 Å². The smallest absolute Gasteiger partial charge is 0.224 e. The van der Waals surface area contributed by atoms with Crippen molar-refractivity contribution in [3.8, 4) is 17.4 Å². The highest BCUT2D eigenvalue weighted by atomic mass is 35.5. The van der Waals surface area contributed by atoms with Gasteiger partial charge in [0.1, 0.15) is 11.5 Å². The second-order valence-corrected chi connectivity index (χ2v) is 5.69. The summed E-state index contributed by atoms with van der Waals surface area (Å²) in [5.74, 6) is 2.06. The van der Waals surface area contributed by atoms with Gasteiger partial charge in [-0.3, -0.25) is 4.79 Å². The van der Waals surface area contributed by atoms with E-state index in [4.69, 9.17) is 9.47 Å². The lowest BCUT2D eigenvalue weighted by atomic mass is 10.1. The lowest BCUT2D eigenvalue weighted by molar-refractivity contribution is -0.124. The number of benzene rings is 1. The normalized spacial score (nSPS) is 15.3. The Balaban J connectivity index is 0.00000169. The summed E-state index contributed by atoms with van der Waals surface area (Å²) < 4.78 is 10.9. The van der Waals surface area contributed by atoms with Gasteiger partial charge in [-0.25, -0.2) is 4.98 Å². The van der Waals surface area contributed by atoms with Crippen molar-refractivity contribution in [1.82, 2.24) is 15.6 Å². The zero-order valence-electron chi connectivity index (χ0n) is 14.4. The molecule has 1 aliphatic rings. The zero-order chi connectivity index (χ0) is 16.8. The SMILES string of the molecule is COc1cccc(Oc2ccc(CNC(=O)C3CCNC3)cn2)c1.Cl.Cl. The van der Waals surface area contributed by atoms with Crippen LogP contribution in [0.25, 0.3) is 0 Å². The maximum Gasteiger partial charge on any atom is 0.224 e. The quantitative estimate of drug-likeness (QED) is 0.780. The molecule has 1 saturated heterocycles. The van der Waals surface area contributed by atoms with E-state index in [1.807, 2.05) is 24.3 Å². The average Bonchev–Trinajstić information content (AvgIpc) is 3.16.